The van der Waals surface area contributed by atoms with Crippen molar-refractivity contribution in [3.8, 4) is 0 Å². The average molecular weight is 104 g/mol. The van der Waals surface area contributed by atoms with E-state index in [1.54, 1.807) is 0 Å². The third-order valence-electron chi connectivity index (χ3n) is 0.762. The number of halogens is 1. The molecule has 1 heteroatoms. The van der Waals surface area contributed by atoms with Crippen molar-refractivity contribution < 1.29 is 4.70 Å². The molecule has 44 valence electrons. The standard InChI is InChI=1S/C6H12.FH/c1-3-5-6-4-2;/h3H,1,4-6H2,2H3;1H. The lowest BCUT2D eigenvalue weighted by atomic mass is 10.3. The number of hydrogen-bond acceptors (Lipinski definition) is 0. The summed E-state index contributed by atoms with van der Waals surface area (Å²) in [6, 6.07) is 0. The lowest BCUT2D eigenvalue weighted by Crippen LogP contribution is -1.61. The second kappa shape index (κ2) is 9.18. The van der Waals surface area contributed by atoms with E-state index in [-0.39, 0.29) is 4.70 Å². The molecule has 0 rings (SSSR count). The Morgan fingerprint density at radius 2 is 2.14 bits per heavy atom. The van der Waals surface area contributed by atoms with E-state index in [1.165, 1.54) is 19.3 Å². The zero-order valence-corrected chi connectivity index (χ0v) is 4.81. The van der Waals surface area contributed by atoms with Crippen LogP contribution in [0.1, 0.15) is 26.2 Å². The minimum Gasteiger partial charge on any atom is -0.269 e. The van der Waals surface area contributed by atoms with Crippen LogP contribution in [0.25, 0.3) is 0 Å². The van der Waals surface area contributed by atoms with Crippen molar-refractivity contribution in [1.29, 1.82) is 0 Å². The molecule has 0 atom stereocenters. The van der Waals surface area contributed by atoms with Gasteiger partial charge in [0.2, 0.25) is 0 Å². The van der Waals surface area contributed by atoms with Gasteiger partial charge in [0.15, 0.2) is 0 Å². The Labute approximate surface area is 44.6 Å². The molecule has 0 unspecified atom stereocenters. The Bertz CT molecular complexity index is 33.2. The lowest BCUT2D eigenvalue weighted by molar-refractivity contribution is 0.816. The Balaban J connectivity index is 0. The summed E-state index contributed by atoms with van der Waals surface area (Å²) in [5, 5.41) is 0. The average Bonchev–Trinajstić information content (AvgIpc) is 1.61. The minimum atomic E-state index is 0. The molecule has 7 heavy (non-hydrogen) atoms. The highest BCUT2D eigenvalue weighted by Gasteiger charge is 1.71. The van der Waals surface area contributed by atoms with Gasteiger partial charge in [0.1, 0.15) is 0 Å². The van der Waals surface area contributed by atoms with Crippen LogP contribution >= 0.6 is 0 Å². The fourth-order valence-corrected chi connectivity index (χ4v) is 0.348. The molecule has 0 aliphatic carbocycles. The molecule has 0 radical (unpaired) electrons. The van der Waals surface area contributed by atoms with Gasteiger partial charge in [-0.3, -0.25) is 4.70 Å². The van der Waals surface area contributed by atoms with Crippen molar-refractivity contribution in [2.24, 2.45) is 0 Å². The first kappa shape index (κ1) is 9.83. The highest BCUT2D eigenvalue weighted by Crippen LogP contribution is 1.91. The molecule has 0 bridgehead atoms. The van der Waals surface area contributed by atoms with Gasteiger partial charge in [-0.25, -0.2) is 0 Å². The molecule has 0 aliphatic rings. The maximum absolute atomic E-state index is 3.60. The van der Waals surface area contributed by atoms with Crippen molar-refractivity contribution in [3.05, 3.63) is 12.7 Å². The van der Waals surface area contributed by atoms with Crippen molar-refractivity contribution in [1.82, 2.24) is 0 Å². The first-order valence-corrected chi connectivity index (χ1v) is 2.52. The third-order valence-corrected chi connectivity index (χ3v) is 0.762. The second-order valence-electron chi connectivity index (χ2n) is 1.43. The van der Waals surface area contributed by atoms with Crippen molar-refractivity contribution in [3.63, 3.8) is 0 Å². The van der Waals surface area contributed by atoms with Crippen LogP contribution in [0, 0.1) is 0 Å². The molecule has 0 aromatic heterocycles. The van der Waals surface area contributed by atoms with E-state index in [4.69, 9.17) is 0 Å². The molecule has 0 aliphatic heterocycles. The Kier molecular flexibility index (Phi) is 12.9. The Hall–Kier alpha value is -0.330. The third kappa shape index (κ3) is 10.7. The molecule has 0 saturated heterocycles. The minimum absolute atomic E-state index is 0. The fraction of sp³-hybridized carbons (Fsp3) is 0.667. The van der Waals surface area contributed by atoms with E-state index in [1.807, 2.05) is 6.08 Å². The van der Waals surface area contributed by atoms with Gasteiger partial charge >= 0.3 is 0 Å². The first-order valence-electron chi connectivity index (χ1n) is 2.52. The van der Waals surface area contributed by atoms with Gasteiger partial charge in [0, 0.05) is 0 Å². The van der Waals surface area contributed by atoms with Gasteiger partial charge in [-0.1, -0.05) is 25.8 Å². The normalized spacial score (nSPS) is 7.00. The lowest BCUT2D eigenvalue weighted by Gasteiger charge is -1.81. The van der Waals surface area contributed by atoms with Gasteiger partial charge in [-0.2, -0.15) is 0 Å². The maximum atomic E-state index is 3.60. The van der Waals surface area contributed by atoms with Crippen LogP contribution in [0.15, 0.2) is 12.7 Å². The van der Waals surface area contributed by atoms with Gasteiger partial charge < -0.3 is 0 Å². The number of rotatable bonds is 3. The molecule has 0 heterocycles. The fourth-order valence-electron chi connectivity index (χ4n) is 0.348. The monoisotopic (exact) mass is 104 g/mol. The molecule has 0 N–H and O–H groups in total. The van der Waals surface area contributed by atoms with Crippen LogP contribution in [0.3, 0.4) is 0 Å². The van der Waals surface area contributed by atoms with Gasteiger partial charge in [0.05, 0.1) is 0 Å². The molecule has 0 amide bonds. The summed E-state index contributed by atoms with van der Waals surface area (Å²) >= 11 is 0. The summed E-state index contributed by atoms with van der Waals surface area (Å²) in [7, 11) is 0. The molecular weight excluding hydrogens is 91.1 g/mol. The molecule has 0 fully saturated rings. The SMILES string of the molecule is C=CCCCC.F. The molecule has 0 spiro atoms. The summed E-state index contributed by atoms with van der Waals surface area (Å²) in [5.74, 6) is 0. The van der Waals surface area contributed by atoms with Gasteiger partial charge in [-0.15, -0.1) is 6.58 Å². The summed E-state index contributed by atoms with van der Waals surface area (Å²) in [6.07, 6.45) is 5.72. The summed E-state index contributed by atoms with van der Waals surface area (Å²) in [6.45, 7) is 5.78. The second-order valence-corrected chi connectivity index (χ2v) is 1.43. The zero-order valence-electron chi connectivity index (χ0n) is 4.81. The summed E-state index contributed by atoms with van der Waals surface area (Å²) < 4.78 is 0. The zero-order chi connectivity index (χ0) is 4.83. The summed E-state index contributed by atoms with van der Waals surface area (Å²) in [4.78, 5) is 0. The Morgan fingerprint density at radius 1 is 1.57 bits per heavy atom. The molecule has 0 nitrogen and oxygen atoms in total. The smallest absolute Gasteiger partial charge is 0.0354 e. The van der Waals surface area contributed by atoms with E-state index < -0.39 is 0 Å². The topological polar surface area (TPSA) is 0 Å². The number of allylic oxidation sites excluding steroid dienone is 1. The van der Waals surface area contributed by atoms with Crippen LogP contribution in [0.5, 0.6) is 0 Å². The Morgan fingerprint density at radius 3 is 2.29 bits per heavy atom. The predicted molar refractivity (Wildman–Crippen MR) is 32.2 cm³/mol. The molecule has 0 aromatic carbocycles. The molecule has 0 saturated carbocycles. The predicted octanol–water partition coefficient (Wildman–Crippen LogP) is 2.52. The molecule has 0 aromatic rings. The quantitative estimate of drug-likeness (QED) is 0.381. The van der Waals surface area contributed by atoms with E-state index >= 15 is 0 Å². The largest absolute Gasteiger partial charge is 0.269 e. The van der Waals surface area contributed by atoms with Crippen LogP contribution in [0.2, 0.25) is 0 Å². The first-order chi connectivity index (χ1) is 2.91. The highest BCUT2D eigenvalue weighted by atomic mass is 19.0. The van der Waals surface area contributed by atoms with Crippen LogP contribution in [-0.2, 0) is 0 Å². The number of unbranched alkanes of at least 4 members (excludes halogenated alkanes) is 2. The van der Waals surface area contributed by atoms with E-state index in [9.17, 15) is 0 Å². The van der Waals surface area contributed by atoms with Crippen molar-refractivity contribution in [2.75, 3.05) is 0 Å². The number of hydrogen-bond donors (Lipinski definition) is 0. The van der Waals surface area contributed by atoms with Crippen LogP contribution in [0.4, 0.5) is 4.70 Å². The molecular formula is C6H13F. The van der Waals surface area contributed by atoms with E-state index in [2.05, 4.69) is 13.5 Å². The van der Waals surface area contributed by atoms with Crippen molar-refractivity contribution in [2.45, 2.75) is 26.2 Å². The van der Waals surface area contributed by atoms with Crippen LogP contribution in [-0.4, -0.2) is 0 Å². The van der Waals surface area contributed by atoms with Gasteiger partial charge in [0.25, 0.3) is 0 Å². The van der Waals surface area contributed by atoms with Gasteiger partial charge in [-0.05, 0) is 6.42 Å². The highest BCUT2D eigenvalue weighted by molar-refractivity contribution is 4.64. The van der Waals surface area contributed by atoms with E-state index in [0.717, 1.165) is 0 Å². The maximum Gasteiger partial charge on any atom is -0.0354 e. The van der Waals surface area contributed by atoms with Crippen molar-refractivity contribution >= 4 is 0 Å². The van der Waals surface area contributed by atoms with E-state index in [0.29, 0.717) is 0 Å². The van der Waals surface area contributed by atoms with Crippen LogP contribution < -0.4 is 0 Å². The summed E-state index contributed by atoms with van der Waals surface area (Å²) in [5.41, 5.74) is 0.